The molecule has 3 aliphatic rings. The van der Waals surface area contributed by atoms with Crippen LogP contribution in [0.2, 0.25) is 0 Å². The van der Waals surface area contributed by atoms with E-state index < -0.39 is 11.9 Å². The van der Waals surface area contributed by atoms with Crippen molar-refractivity contribution in [1.82, 2.24) is 4.90 Å². The summed E-state index contributed by atoms with van der Waals surface area (Å²) >= 11 is 0. The van der Waals surface area contributed by atoms with Gasteiger partial charge in [0.15, 0.2) is 6.29 Å². The molecule has 2 fully saturated rings. The molecule has 4 unspecified atom stereocenters. The molecule has 1 N–H and O–H groups in total. The quantitative estimate of drug-likeness (QED) is 0.287. The SMILES string of the molecule is CC(C)(C)OC(=O)C1CCCN1CC1CC(c2ccc(CO)cc2)OC(c2ccc(N3C(=O)c4ccccc4C3=O)cc2)O1. The van der Waals surface area contributed by atoms with Gasteiger partial charge in [-0.15, -0.1) is 0 Å². The van der Waals surface area contributed by atoms with Crippen LogP contribution in [0.15, 0.2) is 72.8 Å². The molecule has 0 spiro atoms. The topological polar surface area (TPSA) is 106 Å². The lowest BCUT2D eigenvalue weighted by molar-refractivity contribution is -0.253. The van der Waals surface area contributed by atoms with Crippen LogP contribution in [0.3, 0.4) is 0 Å². The van der Waals surface area contributed by atoms with Crippen molar-refractivity contribution in [2.45, 2.75) is 76.8 Å². The molecule has 6 rings (SSSR count). The Labute approximate surface area is 257 Å². The van der Waals surface area contributed by atoms with E-state index in [1.54, 1.807) is 36.4 Å². The molecule has 0 aromatic heterocycles. The number of imide groups is 1. The van der Waals surface area contributed by atoms with E-state index in [1.165, 1.54) is 4.90 Å². The monoisotopic (exact) mass is 598 g/mol. The number of aliphatic hydroxyl groups is 1. The predicted octanol–water partition coefficient (Wildman–Crippen LogP) is 5.33. The number of likely N-dealkylation sites (tertiary alicyclic amines) is 1. The molecule has 4 atom stereocenters. The highest BCUT2D eigenvalue weighted by Crippen LogP contribution is 2.39. The van der Waals surface area contributed by atoms with Gasteiger partial charge in [-0.1, -0.05) is 48.5 Å². The minimum Gasteiger partial charge on any atom is -0.459 e. The molecule has 230 valence electrons. The van der Waals surface area contributed by atoms with Crippen molar-refractivity contribution < 1.29 is 33.7 Å². The number of ether oxygens (including phenoxy) is 3. The van der Waals surface area contributed by atoms with Crippen LogP contribution in [0.1, 0.15) is 89.8 Å². The number of carbonyl (C=O) groups excluding carboxylic acids is 3. The fraction of sp³-hybridized carbons (Fsp3) is 0.400. The van der Waals surface area contributed by atoms with E-state index in [-0.39, 0.29) is 42.6 Å². The minimum absolute atomic E-state index is 0.0410. The number of nitrogens with zero attached hydrogens (tertiary/aromatic N) is 2. The molecule has 3 aliphatic heterocycles. The van der Waals surface area contributed by atoms with Gasteiger partial charge in [0.25, 0.3) is 11.8 Å². The van der Waals surface area contributed by atoms with Crippen molar-refractivity contribution in [2.24, 2.45) is 0 Å². The van der Waals surface area contributed by atoms with Gasteiger partial charge >= 0.3 is 5.97 Å². The molecule has 3 aromatic carbocycles. The first-order valence-corrected chi connectivity index (χ1v) is 15.2. The summed E-state index contributed by atoms with van der Waals surface area (Å²) in [6.45, 7) is 6.91. The second-order valence-corrected chi connectivity index (χ2v) is 12.6. The third-order valence-electron chi connectivity index (χ3n) is 8.31. The summed E-state index contributed by atoms with van der Waals surface area (Å²) in [5.74, 6) is -0.904. The van der Waals surface area contributed by atoms with Crippen LogP contribution in [0.5, 0.6) is 0 Å². The number of aliphatic hydroxyl groups excluding tert-OH is 1. The van der Waals surface area contributed by atoms with E-state index in [0.717, 1.165) is 36.1 Å². The molecule has 44 heavy (non-hydrogen) atoms. The average Bonchev–Trinajstić information content (AvgIpc) is 3.58. The maximum absolute atomic E-state index is 13.0. The highest BCUT2D eigenvalue weighted by molar-refractivity contribution is 6.34. The number of fused-ring (bicyclic) bond motifs is 1. The Balaban J connectivity index is 1.22. The van der Waals surface area contributed by atoms with E-state index in [2.05, 4.69) is 4.90 Å². The van der Waals surface area contributed by atoms with Crippen LogP contribution in [0.4, 0.5) is 5.69 Å². The van der Waals surface area contributed by atoms with Crippen molar-refractivity contribution in [3.63, 3.8) is 0 Å². The summed E-state index contributed by atoms with van der Waals surface area (Å²) in [6, 6.07) is 21.3. The van der Waals surface area contributed by atoms with Crippen LogP contribution in [-0.2, 0) is 25.6 Å². The number of esters is 1. The Morgan fingerprint density at radius 2 is 1.55 bits per heavy atom. The Morgan fingerprint density at radius 1 is 0.909 bits per heavy atom. The fourth-order valence-corrected chi connectivity index (χ4v) is 6.18. The summed E-state index contributed by atoms with van der Waals surface area (Å²) in [5.41, 5.74) is 3.23. The third kappa shape index (κ3) is 6.19. The number of hydrogen-bond donors (Lipinski definition) is 1. The Kier molecular flexibility index (Phi) is 8.39. The van der Waals surface area contributed by atoms with E-state index in [0.29, 0.717) is 29.8 Å². The summed E-state index contributed by atoms with van der Waals surface area (Å²) in [6.07, 6.45) is 0.990. The maximum Gasteiger partial charge on any atom is 0.323 e. The first-order valence-electron chi connectivity index (χ1n) is 15.2. The normalized spacial score (nSPS) is 24.0. The summed E-state index contributed by atoms with van der Waals surface area (Å²) in [5, 5.41) is 9.52. The van der Waals surface area contributed by atoms with E-state index in [4.69, 9.17) is 14.2 Å². The van der Waals surface area contributed by atoms with Gasteiger partial charge in [-0.3, -0.25) is 19.3 Å². The maximum atomic E-state index is 13.0. The first-order chi connectivity index (χ1) is 21.1. The second kappa shape index (κ2) is 12.2. The van der Waals surface area contributed by atoms with Gasteiger partial charge in [-0.05, 0) is 75.5 Å². The number of anilines is 1. The molecule has 0 saturated carbocycles. The number of rotatable bonds is 7. The Morgan fingerprint density at radius 3 is 2.16 bits per heavy atom. The molecular weight excluding hydrogens is 560 g/mol. The van der Waals surface area contributed by atoms with Crippen molar-refractivity contribution in [3.05, 3.63) is 101 Å². The number of carbonyl (C=O) groups is 3. The molecule has 9 heteroatoms. The molecule has 3 heterocycles. The van der Waals surface area contributed by atoms with Crippen LogP contribution in [0.25, 0.3) is 0 Å². The molecule has 2 saturated heterocycles. The van der Waals surface area contributed by atoms with Gasteiger partial charge in [0.1, 0.15) is 11.6 Å². The molecular formula is C35H38N2O7. The van der Waals surface area contributed by atoms with Crippen LogP contribution >= 0.6 is 0 Å². The summed E-state index contributed by atoms with van der Waals surface area (Å²) in [7, 11) is 0. The number of benzene rings is 3. The summed E-state index contributed by atoms with van der Waals surface area (Å²) < 4.78 is 18.7. The number of hydrogen-bond acceptors (Lipinski definition) is 8. The van der Waals surface area contributed by atoms with E-state index >= 15 is 0 Å². The first kappa shape index (κ1) is 30.1. The zero-order chi connectivity index (χ0) is 31.0. The summed E-state index contributed by atoms with van der Waals surface area (Å²) in [4.78, 5) is 42.3. The van der Waals surface area contributed by atoms with Crippen molar-refractivity contribution in [3.8, 4) is 0 Å². The van der Waals surface area contributed by atoms with Gasteiger partial charge < -0.3 is 19.3 Å². The van der Waals surface area contributed by atoms with Crippen LogP contribution in [0, 0.1) is 0 Å². The zero-order valence-corrected chi connectivity index (χ0v) is 25.3. The van der Waals surface area contributed by atoms with Crippen molar-refractivity contribution in [1.29, 1.82) is 0 Å². The average molecular weight is 599 g/mol. The Bertz CT molecular complexity index is 1490. The lowest BCUT2D eigenvalue weighted by Crippen LogP contribution is -2.45. The molecule has 3 aromatic rings. The number of amides is 2. The molecule has 2 amide bonds. The highest BCUT2D eigenvalue weighted by atomic mass is 16.7. The highest BCUT2D eigenvalue weighted by Gasteiger charge is 2.40. The van der Waals surface area contributed by atoms with E-state index in [1.807, 2.05) is 57.2 Å². The lowest BCUT2D eigenvalue weighted by Gasteiger charge is -2.38. The van der Waals surface area contributed by atoms with Crippen LogP contribution in [-0.4, -0.2) is 58.6 Å². The zero-order valence-electron chi connectivity index (χ0n) is 25.3. The smallest absolute Gasteiger partial charge is 0.323 e. The molecule has 0 bridgehead atoms. The van der Waals surface area contributed by atoms with Gasteiger partial charge in [0.2, 0.25) is 0 Å². The van der Waals surface area contributed by atoms with Gasteiger partial charge in [0.05, 0.1) is 35.6 Å². The van der Waals surface area contributed by atoms with Gasteiger partial charge in [-0.25, -0.2) is 4.90 Å². The fourth-order valence-electron chi connectivity index (χ4n) is 6.18. The predicted molar refractivity (Wildman–Crippen MR) is 163 cm³/mol. The third-order valence-corrected chi connectivity index (χ3v) is 8.31. The van der Waals surface area contributed by atoms with Gasteiger partial charge in [-0.2, -0.15) is 0 Å². The van der Waals surface area contributed by atoms with E-state index in [9.17, 15) is 19.5 Å². The van der Waals surface area contributed by atoms with Crippen molar-refractivity contribution in [2.75, 3.05) is 18.0 Å². The molecule has 9 nitrogen and oxygen atoms in total. The standard InChI is InChI=1S/C35H38N2O7/c1-35(2,3)44-33(41)29-9-6-18-36(29)20-26-19-30(23-12-10-22(21-38)11-13-23)43-34(42-26)24-14-16-25(17-15-24)37-31(39)27-7-4-5-8-28(27)32(37)40/h4-5,7-8,10-17,26,29-30,34,38H,6,9,18-21H2,1-3H3. The molecule has 0 radical (unpaired) electrons. The largest absolute Gasteiger partial charge is 0.459 e. The second-order valence-electron chi connectivity index (χ2n) is 12.6. The molecule has 0 aliphatic carbocycles. The van der Waals surface area contributed by atoms with Gasteiger partial charge in [0, 0.05) is 18.5 Å². The van der Waals surface area contributed by atoms with Crippen LogP contribution < -0.4 is 4.90 Å². The Hall–Kier alpha value is -3.89. The lowest BCUT2D eigenvalue weighted by atomic mass is 9.99. The minimum atomic E-state index is -0.713. The van der Waals surface area contributed by atoms with Crippen molar-refractivity contribution >= 4 is 23.5 Å².